The molecule has 1 aromatic heterocycles. The van der Waals surface area contributed by atoms with Crippen LogP contribution in [0.2, 0.25) is 0 Å². The van der Waals surface area contributed by atoms with Crippen LogP contribution >= 0.6 is 15.9 Å². The highest BCUT2D eigenvalue weighted by Crippen LogP contribution is 2.15. The van der Waals surface area contributed by atoms with Gasteiger partial charge in [-0.25, -0.2) is 0 Å². The van der Waals surface area contributed by atoms with Crippen molar-refractivity contribution in [3.05, 3.63) is 22.4 Å². The lowest BCUT2D eigenvalue weighted by Crippen LogP contribution is -2.51. The van der Waals surface area contributed by atoms with E-state index in [1.54, 1.807) is 38.5 Å². The van der Waals surface area contributed by atoms with E-state index in [2.05, 4.69) is 21.2 Å². The molecule has 0 fully saturated rings. The average molecular weight is 289 g/mol. The van der Waals surface area contributed by atoms with Crippen molar-refractivity contribution in [1.82, 2.24) is 9.88 Å². The predicted octanol–water partition coefficient (Wildman–Crippen LogP) is 1.68. The number of nitrogens with one attached hydrogen (secondary N) is 1. The monoisotopic (exact) mass is 288 g/mol. The van der Waals surface area contributed by atoms with Crippen LogP contribution in [0.5, 0.6) is 0 Å². The zero-order valence-corrected chi connectivity index (χ0v) is 11.5. The summed E-state index contributed by atoms with van der Waals surface area (Å²) in [5.41, 5.74) is -0.0889. The highest BCUT2D eigenvalue weighted by Gasteiger charge is 2.27. The molecular formula is C11H17BrN2O2. The number of carbonyl (C=O) groups excluding carboxylic acids is 1. The van der Waals surface area contributed by atoms with Gasteiger partial charge in [0, 0.05) is 17.7 Å². The van der Waals surface area contributed by atoms with Gasteiger partial charge in [-0.15, -0.1) is 0 Å². The summed E-state index contributed by atoms with van der Waals surface area (Å²) >= 11 is 3.31. The van der Waals surface area contributed by atoms with Crippen LogP contribution in [0.15, 0.2) is 16.7 Å². The van der Waals surface area contributed by atoms with E-state index in [1.165, 1.54) is 0 Å². The maximum atomic E-state index is 11.9. The summed E-state index contributed by atoms with van der Waals surface area (Å²) in [4.78, 5) is 11.9. The summed E-state index contributed by atoms with van der Waals surface area (Å²) < 4.78 is 2.59. The standard InChI is InChI=1S/C11H17BrN2O2/c1-7(15)11(2,3)13-10(16)9-5-8(12)6-14(9)4/h5-7,15H,1-4H3,(H,13,16). The van der Waals surface area contributed by atoms with Gasteiger partial charge in [-0.2, -0.15) is 0 Å². The second-order valence-corrected chi connectivity index (χ2v) is 5.42. The minimum absolute atomic E-state index is 0.195. The quantitative estimate of drug-likeness (QED) is 0.889. The number of halogens is 1. The molecule has 5 heteroatoms. The smallest absolute Gasteiger partial charge is 0.268 e. The van der Waals surface area contributed by atoms with Crippen LogP contribution in [-0.2, 0) is 7.05 Å². The number of aliphatic hydroxyl groups excluding tert-OH is 1. The van der Waals surface area contributed by atoms with Gasteiger partial charge < -0.3 is 15.0 Å². The van der Waals surface area contributed by atoms with Crippen molar-refractivity contribution in [3.63, 3.8) is 0 Å². The SMILES string of the molecule is CC(O)C(C)(C)NC(=O)c1cc(Br)cn1C. The molecule has 0 aliphatic carbocycles. The van der Waals surface area contributed by atoms with Crippen molar-refractivity contribution in [2.24, 2.45) is 7.05 Å². The van der Waals surface area contributed by atoms with E-state index in [1.807, 2.05) is 6.20 Å². The lowest BCUT2D eigenvalue weighted by molar-refractivity contribution is 0.0703. The molecular weight excluding hydrogens is 272 g/mol. The largest absolute Gasteiger partial charge is 0.391 e. The first-order valence-electron chi connectivity index (χ1n) is 5.06. The Bertz CT molecular complexity index is 397. The van der Waals surface area contributed by atoms with Gasteiger partial charge in [0.2, 0.25) is 0 Å². The molecule has 0 aliphatic heterocycles. The summed E-state index contributed by atoms with van der Waals surface area (Å²) in [5.74, 6) is -0.195. The van der Waals surface area contributed by atoms with Gasteiger partial charge in [-0.3, -0.25) is 4.79 Å². The Hall–Kier alpha value is -0.810. The minimum Gasteiger partial charge on any atom is -0.391 e. The molecule has 1 rings (SSSR count). The van der Waals surface area contributed by atoms with E-state index >= 15 is 0 Å². The molecule has 1 aromatic rings. The second-order valence-electron chi connectivity index (χ2n) is 4.51. The van der Waals surface area contributed by atoms with Crippen LogP contribution in [0.3, 0.4) is 0 Å². The molecule has 1 unspecified atom stereocenters. The molecule has 2 N–H and O–H groups in total. The Kier molecular flexibility index (Phi) is 3.80. The van der Waals surface area contributed by atoms with Crippen LogP contribution in [0.25, 0.3) is 0 Å². The number of carbonyl (C=O) groups is 1. The van der Waals surface area contributed by atoms with Crippen LogP contribution in [0.4, 0.5) is 0 Å². The first-order valence-corrected chi connectivity index (χ1v) is 5.86. The highest BCUT2D eigenvalue weighted by molar-refractivity contribution is 9.10. The van der Waals surface area contributed by atoms with E-state index in [9.17, 15) is 9.90 Å². The highest BCUT2D eigenvalue weighted by atomic mass is 79.9. The van der Waals surface area contributed by atoms with E-state index in [4.69, 9.17) is 0 Å². The number of hydrogen-bond acceptors (Lipinski definition) is 2. The minimum atomic E-state index is -0.645. The number of amides is 1. The van der Waals surface area contributed by atoms with Crippen LogP contribution in [0.1, 0.15) is 31.3 Å². The maximum Gasteiger partial charge on any atom is 0.268 e. The van der Waals surface area contributed by atoms with Gasteiger partial charge in [0.25, 0.3) is 5.91 Å². The van der Waals surface area contributed by atoms with Crippen molar-refractivity contribution in [1.29, 1.82) is 0 Å². The molecule has 1 amide bonds. The molecule has 1 heterocycles. The van der Waals surface area contributed by atoms with E-state index < -0.39 is 11.6 Å². The van der Waals surface area contributed by atoms with Gasteiger partial charge >= 0.3 is 0 Å². The van der Waals surface area contributed by atoms with Gasteiger partial charge in [-0.1, -0.05) is 0 Å². The molecule has 0 aromatic carbocycles. The van der Waals surface area contributed by atoms with Crippen molar-refractivity contribution < 1.29 is 9.90 Å². The van der Waals surface area contributed by atoms with Crippen LogP contribution in [-0.4, -0.2) is 27.2 Å². The molecule has 0 bridgehead atoms. The first kappa shape index (κ1) is 13.3. The molecule has 0 saturated carbocycles. The average Bonchev–Trinajstić information content (AvgIpc) is 2.44. The zero-order valence-electron chi connectivity index (χ0n) is 9.91. The molecule has 90 valence electrons. The molecule has 4 nitrogen and oxygen atoms in total. The Morgan fingerprint density at radius 1 is 1.62 bits per heavy atom. The zero-order chi connectivity index (χ0) is 12.5. The summed E-state index contributed by atoms with van der Waals surface area (Å²) in [6.45, 7) is 5.22. The third-order valence-corrected chi connectivity index (χ3v) is 3.12. The lowest BCUT2D eigenvalue weighted by atomic mass is 9.98. The number of aliphatic hydroxyl groups is 1. The first-order chi connectivity index (χ1) is 7.24. The molecule has 1 atom stereocenters. The van der Waals surface area contributed by atoms with Crippen molar-refractivity contribution in [2.45, 2.75) is 32.4 Å². The number of rotatable bonds is 3. The van der Waals surface area contributed by atoms with Gasteiger partial charge in [-0.05, 0) is 42.8 Å². The van der Waals surface area contributed by atoms with Crippen LogP contribution < -0.4 is 5.32 Å². The summed E-state index contributed by atoms with van der Waals surface area (Å²) in [7, 11) is 1.80. The van der Waals surface area contributed by atoms with Crippen LogP contribution in [0, 0.1) is 0 Å². The second kappa shape index (κ2) is 4.59. The topological polar surface area (TPSA) is 54.3 Å². The van der Waals surface area contributed by atoms with E-state index in [0.717, 1.165) is 4.47 Å². The number of nitrogens with zero attached hydrogens (tertiary/aromatic N) is 1. The summed E-state index contributed by atoms with van der Waals surface area (Å²) in [5, 5.41) is 12.3. The van der Waals surface area contributed by atoms with E-state index in [0.29, 0.717) is 5.69 Å². The van der Waals surface area contributed by atoms with Crippen molar-refractivity contribution in [2.75, 3.05) is 0 Å². The Morgan fingerprint density at radius 3 is 2.56 bits per heavy atom. The van der Waals surface area contributed by atoms with Crippen molar-refractivity contribution in [3.8, 4) is 0 Å². The lowest BCUT2D eigenvalue weighted by Gasteiger charge is -2.29. The normalized spacial score (nSPS) is 13.6. The Morgan fingerprint density at radius 2 is 2.19 bits per heavy atom. The third kappa shape index (κ3) is 2.86. The fraction of sp³-hybridized carbons (Fsp3) is 0.545. The van der Waals surface area contributed by atoms with Gasteiger partial charge in [0.05, 0.1) is 11.6 Å². The fourth-order valence-electron chi connectivity index (χ4n) is 1.21. The van der Waals surface area contributed by atoms with Gasteiger partial charge in [0.15, 0.2) is 0 Å². The number of aromatic nitrogens is 1. The molecule has 0 radical (unpaired) electrons. The molecule has 0 aliphatic rings. The van der Waals surface area contributed by atoms with E-state index in [-0.39, 0.29) is 5.91 Å². The summed E-state index contributed by atoms with van der Waals surface area (Å²) in [6.07, 6.45) is 1.20. The predicted molar refractivity (Wildman–Crippen MR) is 66.3 cm³/mol. The Balaban J connectivity index is 2.85. The third-order valence-electron chi connectivity index (χ3n) is 2.68. The Labute approximate surface area is 104 Å². The van der Waals surface area contributed by atoms with Crippen molar-refractivity contribution >= 4 is 21.8 Å². The molecule has 16 heavy (non-hydrogen) atoms. The molecule has 0 saturated heterocycles. The number of aryl methyl sites for hydroxylation is 1. The summed E-state index contributed by atoms with van der Waals surface area (Å²) in [6, 6.07) is 1.74. The molecule has 0 spiro atoms. The number of hydrogen-bond donors (Lipinski definition) is 2. The fourth-order valence-corrected chi connectivity index (χ4v) is 1.74. The van der Waals surface area contributed by atoms with Gasteiger partial charge in [0.1, 0.15) is 5.69 Å². The maximum absolute atomic E-state index is 11.9.